The Morgan fingerprint density at radius 2 is 1.82 bits per heavy atom. The Kier molecular flexibility index (Phi) is 3.72. The van der Waals surface area contributed by atoms with E-state index in [9.17, 15) is 0 Å². The maximum Gasteiger partial charge on any atom is 0.0226 e. The Morgan fingerprint density at radius 1 is 1.00 bits per heavy atom. The molecule has 17 heavy (non-hydrogen) atoms. The van der Waals surface area contributed by atoms with E-state index in [0.29, 0.717) is 0 Å². The molecule has 4 atom stereocenters. The zero-order valence-electron chi connectivity index (χ0n) is 11.3. The summed E-state index contributed by atoms with van der Waals surface area (Å²) in [6, 6.07) is 1.78. The summed E-state index contributed by atoms with van der Waals surface area (Å²) in [5.74, 6) is 1.91. The highest BCUT2D eigenvalue weighted by Crippen LogP contribution is 2.37. The van der Waals surface area contributed by atoms with Gasteiger partial charge in [-0.2, -0.15) is 0 Å². The van der Waals surface area contributed by atoms with Gasteiger partial charge < -0.3 is 5.32 Å². The largest absolute Gasteiger partial charge is 0.315 e. The fourth-order valence-electron chi connectivity index (χ4n) is 4.50. The molecule has 0 spiro atoms. The highest BCUT2D eigenvalue weighted by atomic mass is 15.2. The van der Waals surface area contributed by atoms with Crippen LogP contribution in [0.2, 0.25) is 0 Å². The molecule has 98 valence electrons. The first-order chi connectivity index (χ1) is 8.34. The van der Waals surface area contributed by atoms with E-state index in [4.69, 9.17) is 0 Å². The lowest BCUT2D eigenvalue weighted by atomic mass is 9.77. The molecule has 1 saturated carbocycles. The highest BCUT2D eigenvalue weighted by molar-refractivity contribution is 4.93. The molecule has 2 heterocycles. The van der Waals surface area contributed by atoms with Crippen LogP contribution in [0.25, 0.3) is 0 Å². The lowest BCUT2D eigenvalue weighted by molar-refractivity contribution is 0.0115. The van der Waals surface area contributed by atoms with E-state index in [0.717, 1.165) is 23.9 Å². The summed E-state index contributed by atoms with van der Waals surface area (Å²) in [6.07, 6.45) is 10.4. The van der Waals surface area contributed by atoms with Crippen LogP contribution in [0.4, 0.5) is 0 Å². The second-order valence-electron chi connectivity index (χ2n) is 6.64. The molecular weight excluding hydrogens is 208 g/mol. The molecule has 2 heteroatoms. The van der Waals surface area contributed by atoms with Crippen LogP contribution in [0.3, 0.4) is 0 Å². The van der Waals surface area contributed by atoms with E-state index >= 15 is 0 Å². The second kappa shape index (κ2) is 5.27. The van der Waals surface area contributed by atoms with Crippen molar-refractivity contribution in [3.05, 3.63) is 0 Å². The predicted octanol–water partition coefficient (Wildman–Crippen LogP) is 2.64. The molecule has 2 nitrogen and oxygen atoms in total. The second-order valence-corrected chi connectivity index (χ2v) is 6.64. The average Bonchev–Trinajstić information content (AvgIpc) is 2.38. The molecule has 0 aromatic heterocycles. The highest BCUT2D eigenvalue weighted by Gasteiger charge is 2.37. The van der Waals surface area contributed by atoms with E-state index in [-0.39, 0.29) is 0 Å². The van der Waals surface area contributed by atoms with Crippen molar-refractivity contribution in [3.8, 4) is 0 Å². The first-order valence-corrected chi connectivity index (χ1v) is 7.81. The van der Waals surface area contributed by atoms with Crippen LogP contribution in [-0.4, -0.2) is 36.6 Å². The maximum atomic E-state index is 3.64. The minimum atomic E-state index is 0.838. The zero-order chi connectivity index (χ0) is 11.7. The van der Waals surface area contributed by atoms with Crippen LogP contribution in [0.5, 0.6) is 0 Å². The van der Waals surface area contributed by atoms with Crippen molar-refractivity contribution in [1.82, 2.24) is 10.2 Å². The number of likely N-dealkylation sites (tertiary alicyclic amines) is 1. The summed E-state index contributed by atoms with van der Waals surface area (Å²) < 4.78 is 0. The van der Waals surface area contributed by atoms with Gasteiger partial charge in [-0.15, -0.1) is 0 Å². The van der Waals surface area contributed by atoms with Gasteiger partial charge in [0.2, 0.25) is 0 Å². The lowest BCUT2D eigenvalue weighted by Crippen LogP contribution is -2.56. The molecule has 3 aliphatic rings. The van der Waals surface area contributed by atoms with Crippen molar-refractivity contribution in [2.75, 3.05) is 19.6 Å². The molecule has 0 bridgehead atoms. The lowest BCUT2D eigenvalue weighted by Gasteiger charge is -2.49. The maximum absolute atomic E-state index is 3.64. The summed E-state index contributed by atoms with van der Waals surface area (Å²) in [7, 11) is 0. The molecule has 4 unspecified atom stereocenters. The molecule has 1 aliphatic carbocycles. The molecular formula is C15H28N2. The van der Waals surface area contributed by atoms with Crippen molar-refractivity contribution >= 4 is 0 Å². The van der Waals surface area contributed by atoms with Crippen LogP contribution in [-0.2, 0) is 0 Å². The SMILES string of the molecule is CC1CNCC(N2CCCC3CCCCC32)C1. The normalized spacial score (nSPS) is 44.3. The molecule has 3 rings (SSSR count). The first kappa shape index (κ1) is 12.0. The van der Waals surface area contributed by atoms with Crippen LogP contribution < -0.4 is 5.32 Å². The molecule has 1 N–H and O–H groups in total. The van der Waals surface area contributed by atoms with Gasteiger partial charge in [-0.25, -0.2) is 0 Å². The molecule has 3 fully saturated rings. The van der Waals surface area contributed by atoms with Crippen molar-refractivity contribution in [3.63, 3.8) is 0 Å². The molecule has 0 aromatic carbocycles. The number of fused-ring (bicyclic) bond motifs is 1. The predicted molar refractivity (Wildman–Crippen MR) is 72.1 cm³/mol. The van der Waals surface area contributed by atoms with Gasteiger partial charge in [0, 0.05) is 18.6 Å². The number of hydrogen-bond acceptors (Lipinski definition) is 2. The Balaban J connectivity index is 1.67. The third kappa shape index (κ3) is 2.53. The molecule has 0 amide bonds. The van der Waals surface area contributed by atoms with Gasteiger partial charge in [-0.3, -0.25) is 4.90 Å². The number of nitrogens with one attached hydrogen (secondary N) is 1. The minimum absolute atomic E-state index is 0.838. The Hall–Kier alpha value is -0.0800. The van der Waals surface area contributed by atoms with Crippen molar-refractivity contribution < 1.29 is 0 Å². The van der Waals surface area contributed by atoms with Gasteiger partial charge in [0.25, 0.3) is 0 Å². The van der Waals surface area contributed by atoms with Gasteiger partial charge in [-0.1, -0.05) is 19.8 Å². The van der Waals surface area contributed by atoms with E-state index in [1.54, 1.807) is 0 Å². The van der Waals surface area contributed by atoms with Gasteiger partial charge >= 0.3 is 0 Å². The molecule has 0 radical (unpaired) electrons. The summed E-state index contributed by atoms with van der Waals surface area (Å²) in [5.41, 5.74) is 0. The van der Waals surface area contributed by atoms with Gasteiger partial charge in [0.1, 0.15) is 0 Å². The van der Waals surface area contributed by atoms with Crippen molar-refractivity contribution in [2.45, 2.75) is 64.0 Å². The third-order valence-corrected chi connectivity index (χ3v) is 5.30. The summed E-state index contributed by atoms with van der Waals surface area (Å²) in [5, 5.41) is 3.64. The molecule has 2 aliphatic heterocycles. The number of nitrogens with zero attached hydrogens (tertiary/aromatic N) is 1. The Bertz CT molecular complexity index is 251. The van der Waals surface area contributed by atoms with E-state index in [1.807, 2.05) is 0 Å². The first-order valence-electron chi connectivity index (χ1n) is 7.81. The van der Waals surface area contributed by atoms with Crippen LogP contribution in [0, 0.1) is 11.8 Å². The molecule has 0 aromatic rings. The standard InChI is InChI=1S/C15H28N2/c1-12-9-14(11-16-10-12)17-8-4-6-13-5-2-3-7-15(13)17/h12-16H,2-11H2,1H3. The van der Waals surface area contributed by atoms with Gasteiger partial charge in [0.15, 0.2) is 0 Å². The number of rotatable bonds is 1. The zero-order valence-corrected chi connectivity index (χ0v) is 11.3. The summed E-state index contributed by atoms with van der Waals surface area (Å²) in [4.78, 5) is 2.90. The average molecular weight is 236 g/mol. The molecule has 2 saturated heterocycles. The Labute approximate surface area is 106 Å². The third-order valence-electron chi connectivity index (χ3n) is 5.30. The Morgan fingerprint density at radius 3 is 2.71 bits per heavy atom. The topological polar surface area (TPSA) is 15.3 Å². The van der Waals surface area contributed by atoms with Crippen LogP contribution in [0.1, 0.15) is 51.9 Å². The van der Waals surface area contributed by atoms with Gasteiger partial charge in [-0.05, 0) is 57.0 Å². The van der Waals surface area contributed by atoms with E-state index in [1.165, 1.54) is 64.6 Å². The van der Waals surface area contributed by atoms with Crippen LogP contribution >= 0.6 is 0 Å². The fraction of sp³-hybridized carbons (Fsp3) is 1.00. The number of piperidine rings is 2. The summed E-state index contributed by atoms with van der Waals surface area (Å²) in [6.45, 7) is 6.26. The smallest absolute Gasteiger partial charge is 0.0226 e. The van der Waals surface area contributed by atoms with E-state index < -0.39 is 0 Å². The van der Waals surface area contributed by atoms with Crippen LogP contribution in [0.15, 0.2) is 0 Å². The number of hydrogen-bond donors (Lipinski definition) is 1. The summed E-state index contributed by atoms with van der Waals surface area (Å²) >= 11 is 0. The van der Waals surface area contributed by atoms with Gasteiger partial charge in [0.05, 0.1) is 0 Å². The quantitative estimate of drug-likeness (QED) is 0.753. The fourth-order valence-corrected chi connectivity index (χ4v) is 4.50. The minimum Gasteiger partial charge on any atom is -0.315 e. The van der Waals surface area contributed by atoms with E-state index in [2.05, 4.69) is 17.1 Å². The van der Waals surface area contributed by atoms with Crippen molar-refractivity contribution in [2.24, 2.45) is 11.8 Å². The monoisotopic (exact) mass is 236 g/mol. The van der Waals surface area contributed by atoms with Crippen molar-refractivity contribution in [1.29, 1.82) is 0 Å².